The Morgan fingerprint density at radius 2 is 2.05 bits per heavy atom. The molecule has 2 rings (SSSR count). The Balaban J connectivity index is 2.13. The molecule has 0 atom stereocenters. The molecule has 1 aromatic heterocycles. The van der Waals surface area contributed by atoms with Crippen LogP contribution in [0.2, 0.25) is 25.7 Å². The lowest BCUT2D eigenvalue weighted by atomic mass is 10.2. The highest BCUT2D eigenvalue weighted by Crippen LogP contribution is 2.33. The van der Waals surface area contributed by atoms with Crippen LogP contribution in [-0.2, 0) is 11.5 Å². The molecule has 1 heterocycles. The molecule has 0 bridgehead atoms. The topological polar surface area (TPSA) is 36.3 Å². The van der Waals surface area contributed by atoms with Crippen molar-refractivity contribution in [3.05, 3.63) is 22.8 Å². The van der Waals surface area contributed by atoms with E-state index in [0.717, 1.165) is 33.8 Å². The minimum atomic E-state index is -1.05. The van der Waals surface area contributed by atoms with E-state index in [-0.39, 0.29) is 0 Å². The van der Waals surface area contributed by atoms with Gasteiger partial charge in [-0.15, -0.1) is 0 Å². The fourth-order valence-corrected chi connectivity index (χ4v) is 3.18. The Morgan fingerprint density at radius 3 is 2.70 bits per heavy atom. The highest BCUT2D eigenvalue weighted by Gasteiger charge is 2.14. The van der Waals surface area contributed by atoms with Crippen molar-refractivity contribution in [3.8, 4) is 5.75 Å². The highest BCUT2D eigenvalue weighted by molar-refractivity contribution is 9.10. The maximum absolute atomic E-state index is 5.77. The predicted octanol–water partition coefficient (Wildman–Crippen LogP) is 4.12. The zero-order chi connectivity index (χ0) is 14.8. The van der Waals surface area contributed by atoms with E-state index in [9.17, 15) is 0 Å². The summed E-state index contributed by atoms with van der Waals surface area (Å²) in [6.07, 6.45) is 1.84. The second-order valence-corrected chi connectivity index (χ2v) is 12.5. The molecule has 20 heavy (non-hydrogen) atoms. The highest BCUT2D eigenvalue weighted by atomic mass is 79.9. The number of fused-ring (bicyclic) bond motifs is 1. The van der Waals surface area contributed by atoms with E-state index in [2.05, 4.69) is 40.7 Å². The average molecular weight is 357 g/mol. The van der Waals surface area contributed by atoms with Crippen molar-refractivity contribution in [3.63, 3.8) is 0 Å². The first-order valence-corrected chi connectivity index (χ1v) is 11.2. The van der Waals surface area contributed by atoms with Crippen molar-refractivity contribution in [2.75, 3.05) is 13.7 Å². The van der Waals surface area contributed by atoms with Crippen molar-refractivity contribution in [1.29, 1.82) is 0 Å². The second-order valence-electron chi connectivity index (χ2n) is 6.01. The molecule has 0 saturated heterocycles. The largest absolute Gasteiger partial charge is 0.493 e. The van der Waals surface area contributed by atoms with Crippen LogP contribution in [0.3, 0.4) is 0 Å². The van der Waals surface area contributed by atoms with E-state index >= 15 is 0 Å². The van der Waals surface area contributed by atoms with Crippen molar-refractivity contribution >= 4 is 34.9 Å². The van der Waals surface area contributed by atoms with Crippen molar-refractivity contribution in [1.82, 2.24) is 9.78 Å². The van der Waals surface area contributed by atoms with Crippen molar-refractivity contribution in [2.24, 2.45) is 0 Å². The number of rotatable bonds is 6. The molecule has 110 valence electrons. The number of hydrogen-bond acceptors (Lipinski definition) is 3. The van der Waals surface area contributed by atoms with Crippen LogP contribution in [0.5, 0.6) is 5.75 Å². The Hall–Kier alpha value is -0.853. The summed E-state index contributed by atoms with van der Waals surface area (Å²) in [5, 5.41) is 5.44. The number of methoxy groups -OCH3 is 1. The average Bonchev–Trinajstić information content (AvgIpc) is 2.77. The van der Waals surface area contributed by atoms with E-state index in [4.69, 9.17) is 9.47 Å². The van der Waals surface area contributed by atoms with E-state index < -0.39 is 8.07 Å². The van der Waals surface area contributed by atoms with Gasteiger partial charge in [0.05, 0.1) is 17.8 Å². The van der Waals surface area contributed by atoms with E-state index in [1.165, 1.54) is 0 Å². The molecule has 0 aliphatic heterocycles. The fraction of sp³-hybridized carbons (Fsp3) is 0.500. The molecule has 1 aromatic carbocycles. The number of halogens is 1. The first-order valence-electron chi connectivity index (χ1n) is 6.68. The third-order valence-corrected chi connectivity index (χ3v) is 5.45. The Kier molecular flexibility index (Phi) is 4.88. The van der Waals surface area contributed by atoms with Gasteiger partial charge in [-0.2, -0.15) is 5.10 Å². The summed E-state index contributed by atoms with van der Waals surface area (Å²) in [7, 11) is 0.623. The summed E-state index contributed by atoms with van der Waals surface area (Å²) in [6, 6.07) is 5.15. The summed E-state index contributed by atoms with van der Waals surface area (Å²) in [5.41, 5.74) is 0.967. The standard InChI is InChI=1S/C14H21BrN2O2Si/c1-18-14-12(15)6-5-11-9-16-17(13(11)14)10-19-7-8-20(2,3)4/h5-6,9H,7-8,10H2,1-4H3. The van der Waals surface area contributed by atoms with Crippen LogP contribution >= 0.6 is 15.9 Å². The molecular formula is C14H21BrN2O2Si. The predicted molar refractivity (Wildman–Crippen MR) is 88.1 cm³/mol. The number of aromatic nitrogens is 2. The van der Waals surface area contributed by atoms with Gasteiger partial charge < -0.3 is 9.47 Å². The maximum Gasteiger partial charge on any atom is 0.159 e. The molecule has 0 unspecified atom stereocenters. The van der Waals surface area contributed by atoms with Gasteiger partial charge in [0.25, 0.3) is 0 Å². The van der Waals surface area contributed by atoms with Crippen LogP contribution in [0, 0.1) is 0 Å². The van der Waals surface area contributed by atoms with Gasteiger partial charge in [0.1, 0.15) is 12.2 Å². The Morgan fingerprint density at radius 1 is 1.30 bits per heavy atom. The van der Waals surface area contributed by atoms with E-state index in [1.54, 1.807) is 7.11 Å². The monoisotopic (exact) mass is 356 g/mol. The Labute approximate surface area is 129 Å². The number of nitrogens with zero attached hydrogens (tertiary/aromatic N) is 2. The quantitative estimate of drug-likeness (QED) is 0.576. The normalized spacial score (nSPS) is 12.1. The van der Waals surface area contributed by atoms with Crippen molar-refractivity contribution in [2.45, 2.75) is 32.4 Å². The second kappa shape index (κ2) is 6.28. The van der Waals surface area contributed by atoms with Gasteiger partial charge in [0, 0.05) is 20.1 Å². The number of benzene rings is 1. The smallest absolute Gasteiger partial charge is 0.159 e. The third kappa shape index (κ3) is 3.62. The maximum atomic E-state index is 5.77. The summed E-state index contributed by atoms with van der Waals surface area (Å²) < 4.78 is 14.0. The van der Waals surface area contributed by atoms with Gasteiger partial charge in [-0.3, -0.25) is 0 Å². The van der Waals surface area contributed by atoms with Gasteiger partial charge in [-0.25, -0.2) is 4.68 Å². The molecule has 2 aromatic rings. The minimum absolute atomic E-state index is 0.459. The molecule has 4 nitrogen and oxygen atoms in total. The zero-order valence-corrected chi connectivity index (χ0v) is 15.0. The lowest BCUT2D eigenvalue weighted by Gasteiger charge is -2.15. The van der Waals surface area contributed by atoms with Crippen molar-refractivity contribution < 1.29 is 9.47 Å². The first kappa shape index (κ1) is 15.5. The fourth-order valence-electron chi connectivity index (χ4n) is 1.94. The lowest BCUT2D eigenvalue weighted by Crippen LogP contribution is -2.22. The summed E-state index contributed by atoms with van der Waals surface area (Å²) in [5.74, 6) is 0.800. The van der Waals surface area contributed by atoms with Crippen LogP contribution in [0.1, 0.15) is 0 Å². The number of ether oxygens (including phenoxy) is 2. The van der Waals surface area contributed by atoms with Crippen LogP contribution in [-0.4, -0.2) is 31.6 Å². The summed E-state index contributed by atoms with van der Waals surface area (Å²) in [6.45, 7) is 8.29. The molecule has 6 heteroatoms. The van der Waals surface area contributed by atoms with Gasteiger partial charge in [0.2, 0.25) is 0 Å². The third-order valence-electron chi connectivity index (χ3n) is 3.12. The molecule has 0 aliphatic rings. The number of hydrogen-bond donors (Lipinski definition) is 0. The molecule has 0 radical (unpaired) electrons. The molecule has 0 saturated carbocycles. The molecular weight excluding hydrogens is 336 g/mol. The van der Waals surface area contributed by atoms with Crippen LogP contribution in [0.15, 0.2) is 22.8 Å². The van der Waals surface area contributed by atoms with Gasteiger partial charge in [-0.05, 0) is 34.1 Å². The SMILES string of the molecule is COc1c(Br)ccc2cnn(COCC[Si](C)(C)C)c12. The van der Waals surface area contributed by atoms with Gasteiger partial charge in [0.15, 0.2) is 5.75 Å². The van der Waals surface area contributed by atoms with Gasteiger partial charge in [-0.1, -0.05) is 19.6 Å². The molecule has 0 fully saturated rings. The van der Waals surface area contributed by atoms with Crippen LogP contribution in [0.25, 0.3) is 10.9 Å². The van der Waals surface area contributed by atoms with Crippen LogP contribution < -0.4 is 4.74 Å². The van der Waals surface area contributed by atoms with Crippen LogP contribution in [0.4, 0.5) is 0 Å². The first-order chi connectivity index (χ1) is 9.42. The van der Waals surface area contributed by atoms with E-state index in [1.807, 2.05) is 23.0 Å². The summed E-state index contributed by atoms with van der Waals surface area (Å²) in [4.78, 5) is 0. The molecule has 0 N–H and O–H groups in total. The molecule has 0 aliphatic carbocycles. The van der Waals surface area contributed by atoms with Gasteiger partial charge >= 0.3 is 0 Å². The molecule has 0 amide bonds. The summed E-state index contributed by atoms with van der Waals surface area (Å²) >= 11 is 3.50. The lowest BCUT2D eigenvalue weighted by molar-refractivity contribution is 0.0814. The molecule has 0 spiro atoms. The Bertz CT molecular complexity index is 593. The van der Waals surface area contributed by atoms with E-state index in [0.29, 0.717) is 6.73 Å². The zero-order valence-electron chi connectivity index (χ0n) is 12.4. The minimum Gasteiger partial charge on any atom is -0.493 e.